The van der Waals surface area contributed by atoms with E-state index >= 15 is 0 Å². The topological polar surface area (TPSA) is 66.9 Å². The Balaban J connectivity index is 2.64. The Morgan fingerprint density at radius 2 is 2.23 bits per heavy atom. The fraction of sp³-hybridized carbons (Fsp3) is 0.400. The summed E-state index contributed by atoms with van der Waals surface area (Å²) in [5, 5.41) is 10.6. The number of hydrogen-bond acceptors (Lipinski definition) is 4. The van der Waals surface area contributed by atoms with E-state index in [4.69, 9.17) is 0 Å². The van der Waals surface area contributed by atoms with E-state index in [-0.39, 0.29) is 5.13 Å². The van der Waals surface area contributed by atoms with Gasteiger partial charge in [0, 0.05) is 7.05 Å². The van der Waals surface area contributed by atoms with Crippen LogP contribution in [0.3, 0.4) is 0 Å². The van der Waals surface area contributed by atoms with Gasteiger partial charge in [-0.1, -0.05) is 11.3 Å². The third-order valence-corrected chi connectivity index (χ3v) is 1.92. The van der Waals surface area contributed by atoms with Crippen LogP contribution in [0.25, 0.3) is 0 Å². The van der Waals surface area contributed by atoms with Gasteiger partial charge in [-0.05, 0) is 0 Å². The maximum absolute atomic E-state index is 12.0. The molecule has 0 spiro atoms. The van der Waals surface area contributed by atoms with E-state index in [1.165, 1.54) is 7.05 Å². The maximum Gasteiger partial charge on any atom is 0.320 e. The minimum absolute atomic E-state index is 0.0506. The Bertz CT molecular complexity index is 302. The lowest BCUT2D eigenvalue weighted by atomic mass is 10.8. The first-order chi connectivity index (χ1) is 6.13. The van der Waals surface area contributed by atoms with Crippen LogP contribution in [0, 0.1) is 0 Å². The number of amides is 2. The van der Waals surface area contributed by atoms with Crippen molar-refractivity contribution < 1.29 is 13.6 Å². The van der Waals surface area contributed by atoms with Crippen LogP contribution in [0.2, 0.25) is 0 Å². The van der Waals surface area contributed by atoms with E-state index in [0.29, 0.717) is 11.3 Å². The molecule has 0 saturated carbocycles. The molecule has 0 fully saturated rings. The molecule has 0 aliphatic carbocycles. The zero-order valence-electron chi connectivity index (χ0n) is 6.54. The first-order valence-corrected chi connectivity index (χ1v) is 4.05. The standard InChI is InChI=1S/C5H6F2N4OS/c1-8-4(12)9-5-11-10-3(13-5)2(6)7/h2H,1H3,(H2,8,9,11,12). The molecule has 8 heteroatoms. The van der Waals surface area contributed by atoms with Crippen LogP contribution in [0.5, 0.6) is 0 Å². The summed E-state index contributed by atoms with van der Waals surface area (Å²) in [5.74, 6) is 0. The van der Waals surface area contributed by atoms with Gasteiger partial charge in [-0.15, -0.1) is 10.2 Å². The van der Waals surface area contributed by atoms with Gasteiger partial charge in [0.15, 0.2) is 5.01 Å². The quantitative estimate of drug-likeness (QED) is 0.768. The number of aromatic nitrogens is 2. The second kappa shape index (κ2) is 4.08. The Morgan fingerprint density at radius 3 is 2.69 bits per heavy atom. The average molecular weight is 208 g/mol. The average Bonchev–Trinajstić information content (AvgIpc) is 2.52. The molecule has 0 saturated heterocycles. The number of halogens is 2. The zero-order chi connectivity index (χ0) is 9.84. The summed E-state index contributed by atoms with van der Waals surface area (Å²) in [5.41, 5.74) is 0. The van der Waals surface area contributed by atoms with Crippen LogP contribution in [-0.4, -0.2) is 23.3 Å². The molecule has 0 bridgehead atoms. The molecule has 0 unspecified atom stereocenters. The SMILES string of the molecule is CNC(=O)Nc1nnc(C(F)F)s1. The molecule has 13 heavy (non-hydrogen) atoms. The molecule has 0 atom stereocenters. The highest BCUT2D eigenvalue weighted by molar-refractivity contribution is 7.15. The van der Waals surface area contributed by atoms with E-state index < -0.39 is 17.5 Å². The predicted molar refractivity (Wildman–Crippen MR) is 42.9 cm³/mol. The molecule has 0 aromatic carbocycles. The Morgan fingerprint density at radius 1 is 1.54 bits per heavy atom. The van der Waals surface area contributed by atoms with Crippen molar-refractivity contribution in [3.63, 3.8) is 0 Å². The van der Waals surface area contributed by atoms with Gasteiger partial charge in [0.2, 0.25) is 5.13 Å². The summed E-state index contributed by atoms with van der Waals surface area (Å²) in [7, 11) is 1.41. The molecular formula is C5H6F2N4OS. The molecule has 1 heterocycles. The smallest absolute Gasteiger partial charge is 0.320 e. The third-order valence-electron chi connectivity index (χ3n) is 1.07. The minimum Gasteiger partial charge on any atom is -0.341 e. The third kappa shape index (κ3) is 2.58. The summed E-state index contributed by atoms with van der Waals surface area (Å²) in [6.45, 7) is 0. The molecule has 0 radical (unpaired) electrons. The van der Waals surface area contributed by atoms with E-state index in [1.807, 2.05) is 0 Å². The van der Waals surface area contributed by atoms with Gasteiger partial charge in [0.25, 0.3) is 6.43 Å². The molecule has 1 rings (SSSR count). The zero-order valence-corrected chi connectivity index (χ0v) is 7.36. The highest BCUT2D eigenvalue weighted by Crippen LogP contribution is 2.24. The number of alkyl halides is 2. The first kappa shape index (κ1) is 9.78. The number of urea groups is 1. The molecule has 5 nitrogen and oxygen atoms in total. The first-order valence-electron chi connectivity index (χ1n) is 3.23. The van der Waals surface area contributed by atoms with Crippen molar-refractivity contribution in [3.05, 3.63) is 5.01 Å². The van der Waals surface area contributed by atoms with Crippen molar-refractivity contribution >= 4 is 22.5 Å². The number of rotatable bonds is 2. The molecule has 2 amide bonds. The van der Waals surface area contributed by atoms with Crippen molar-refractivity contribution in [2.24, 2.45) is 0 Å². The molecule has 0 aliphatic rings. The van der Waals surface area contributed by atoms with Gasteiger partial charge < -0.3 is 5.32 Å². The maximum atomic E-state index is 12.0. The summed E-state index contributed by atoms with van der Waals surface area (Å²) in [4.78, 5) is 10.7. The molecule has 1 aromatic rings. The largest absolute Gasteiger partial charge is 0.341 e. The van der Waals surface area contributed by atoms with E-state index in [1.54, 1.807) is 0 Å². The summed E-state index contributed by atoms with van der Waals surface area (Å²) < 4.78 is 24.0. The van der Waals surface area contributed by atoms with E-state index in [2.05, 4.69) is 20.8 Å². The normalized spacial score (nSPS) is 10.2. The predicted octanol–water partition coefficient (Wildman–Crippen LogP) is 1.23. The van der Waals surface area contributed by atoms with Crippen molar-refractivity contribution in [2.75, 3.05) is 12.4 Å². The van der Waals surface area contributed by atoms with Crippen LogP contribution < -0.4 is 10.6 Å². The Labute approximate surface area is 76.2 Å². The number of nitrogens with zero attached hydrogens (tertiary/aromatic N) is 2. The number of nitrogens with one attached hydrogen (secondary N) is 2. The lowest BCUT2D eigenvalue weighted by molar-refractivity contribution is 0.150. The van der Waals surface area contributed by atoms with Crippen molar-refractivity contribution in [1.29, 1.82) is 0 Å². The lowest BCUT2D eigenvalue weighted by Crippen LogP contribution is -2.24. The second-order valence-electron chi connectivity index (χ2n) is 1.95. The Kier molecular flexibility index (Phi) is 3.07. The molecule has 0 aliphatic heterocycles. The van der Waals surface area contributed by atoms with Crippen molar-refractivity contribution in [2.45, 2.75) is 6.43 Å². The van der Waals surface area contributed by atoms with Crippen LogP contribution >= 0.6 is 11.3 Å². The van der Waals surface area contributed by atoms with Gasteiger partial charge in [0.05, 0.1) is 0 Å². The molecule has 2 N–H and O–H groups in total. The van der Waals surface area contributed by atoms with Gasteiger partial charge >= 0.3 is 6.03 Å². The Hall–Kier alpha value is -1.31. The van der Waals surface area contributed by atoms with Crippen molar-refractivity contribution in [1.82, 2.24) is 15.5 Å². The summed E-state index contributed by atoms with van der Waals surface area (Å²) in [6.07, 6.45) is -2.65. The summed E-state index contributed by atoms with van der Waals surface area (Å²) >= 11 is 0.641. The van der Waals surface area contributed by atoms with Gasteiger partial charge in [-0.3, -0.25) is 5.32 Å². The van der Waals surface area contributed by atoms with Crippen molar-refractivity contribution in [3.8, 4) is 0 Å². The van der Waals surface area contributed by atoms with Gasteiger partial charge in [-0.25, -0.2) is 13.6 Å². The number of carbonyl (C=O) groups excluding carboxylic acids is 1. The number of hydrogen-bond donors (Lipinski definition) is 2. The van der Waals surface area contributed by atoms with Gasteiger partial charge in [-0.2, -0.15) is 0 Å². The van der Waals surface area contributed by atoms with Gasteiger partial charge in [0.1, 0.15) is 0 Å². The van der Waals surface area contributed by atoms with Crippen LogP contribution in [-0.2, 0) is 0 Å². The summed E-state index contributed by atoms with van der Waals surface area (Å²) in [6, 6.07) is -0.517. The van der Waals surface area contributed by atoms with Crippen LogP contribution in [0.4, 0.5) is 18.7 Å². The fourth-order valence-electron chi connectivity index (χ4n) is 0.533. The van der Waals surface area contributed by atoms with Crippen LogP contribution in [0.1, 0.15) is 11.4 Å². The van der Waals surface area contributed by atoms with E-state index in [9.17, 15) is 13.6 Å². The highest BCUT2D eigenvalue weighted by atomic mass is 32.1. The van der Waals surface area contributed by atoms with Crippen LogP contribution in [0.15, 0.2) is 0 Å². The minimum atomic E-state index is -2.65. The van der Waals surface area contributed by atoms with E-state index in [0.717, 1.165) is 0 Å². The number of anilines is 1. The lowest BCUT2D eigenvalue weighted by Gasteiger charge is -1.96. The highest BCUT2D eigenvalue weighted by Gasteiger charge is 2.14. The number of carbonyl (C=O) groups is 1. The molecule has 1 aromatic heterocycles. The fourth-order valence-corrected chi connectivity index (χ4v) is 1.13. The molecular weight excluding hydrogens is 202 g/mol. The molecule has 72 valence electrons. The second-order valence-corrected chi connectivity index (χ2v) is 2.96. The monoisotopic (exact) mass is 208 g/mol.